The third kappa shape index (κ3) is 1.65. The third-order valence-corrected chi connectivity index (χ3v) is 3.47. The fraction of sp³-hybridized carbons (Fsp3) is 0.909. The van der Waals surface area contributed by atoms with Crippen LogP contribution in [0.25, 0.3) is 0 Å². The second kappa shape index (κ2) is 3.54. The lowest BCUT2D eigenvalue weighted by Crippen LogP contribution is -2.62. The molecule has 1 amide bonds. The summed E-state index contributed by atoms with van der Waals surface area (Å²) in [6, 6.07) is 0. The molecule has 1 spiro atoms. The van der Waals surface area contributed by atoms with Gasteiger partial charge in [0.25, 0.3) is 0 Å². The second-order valence-electron chi connectivity index (χ2n) is 5.12. The van der Waals surface area contributed by atoms with E-state index in [-0.39, 0.29) is 5.92 Å². The Balaban J connectivity index is 1.97. The van der Waals surface area contributed by atoms with E-state index in [0.29, 0.717) is 11.3 Å². The van der Waals surface area contributed by atoms with E-state index in [4.69, 9.17) is 0 Å². The van der Waals surface area contributed by atoms with Crippen LogP contribution in [0.1, 0.15) is 26.7 Å². The molecule has 2 aliphatic heterocycles. The van der Waals surface area contributed by atoms with Crippen LogP contribution in [0, 0.1) is 11.3 Å². The Labute approximate surface area is 85.8 Å². The van der Waals surface area contributed by atoms with E-state index in [0.717, 1.165) is 26.2 Å². The number of carbonyl (C=O) groups is 1. The zero-order valence-electron chi connectivity index (χ0n) is 9.18. The molecule has 0 aromatic carbocycles. The number of nitrogens with zero attached hydrogens (tertiary/aromatic N) is 1. The first-order chi connectivity index (χ1) is 6.63. The van der Waals surface area contributed by atoms with Crippen molar-refractivity contribution in [1.29, 1.82) is 0 Å². The van der Waals surface area contributed by atoms with Crippen LogP contribution in [-0.2, 0) is 4.79 Å². The largest absolute Gasteiger partial charge is 0.342 e. The quantitative estimate of drug-likeness (QED) is 0.674. The van der Waals surface area contributed by atoms with Gasteiger partial charge in [-0.05, 0) is 12.8 Å². The van der Waals surface area contributed by atoms with Gasteiger partial charge >= 0.3 is 0 Å². The molecule has 3 nitrogen and oxygen atoms in total. The molecule has 2 aliphatic rings. The highest BCUT2D eigenvalue weighted by Crippen LogP contribution is 2.33. The highest BCUT2D eigenvalue weighted by atomic mass is 16.2. The molecule has 2 fully saturated rings. The van der Waals surface area contributed by atoms with Crippen molar-refractivity contribution in [2.75, 3.05) is 26.2 Å². The molecule has 0 saturated carbocycles. The first-order valence-electron chi connectivity index (χ1n) is 5.62. The number of carbonyl (C=O) groups excluding carboxylic acids is 1. The lowest BCUT2D eigenvalue weighted by Gasteiger charge is -2.49. The van der Waals surface area contributed by atoms with Gasteiger partial charge < -0.3 is 10.2 Å². The first-order valence-corrected chi connectivity index (χ1v) is 5.62. The van der Waals surface area contributed by atoms with Crippen molar-refractivity contribution >= 4 is 5.91 Å². The van der Waals surface area contributed by atoms with Gasteiger partial charge in [0.05, 0.1) is 0 Å². The van der Waals surface area contributed by atoms with Crippen LogP contribution < -0.4 is 5.32 Å². The van der Waals surface area contributed by atoms with Gasteiger partial charge in [0.15, 0.2) is 0 Å². The summed E-state index contributed by atoms with van der Waals surface area (Å²) in [4.78, 5) is 13.9. The normalized spacial score (nSPS) is 25.2. The molecule has 0 aromatic heterocycles. The Morgan fingerprint density at radius 3 is 2.64 bits per heavy atom. The van der Waals surface area contributed by atoms with Crippen molar-refractivity contribution in [3.63, 3.8) is 0 Å². The van der Waals surface area contributed by atoms with Crippen LogP contribution in [0.2, 0.25) is 0 Å². The van der Waals surface area contributed by atoms with Gasteiger partial charge in [-0.2, -0.15) is 0 Å². The summed E-state index contributed by atoms with van der Waals surface area (Å²) in [5, 5.41) is 3.32. The standard InChI is InChI=1S/C11H20N2O/c1-9(2)10(14)13-5-3-4-11(8-13)6-12-7-11/h9,12H,3-8H2,1-2H3. The SMILES string of the molecule is CC(C)C(=O)N1CCCC2(CNC2)C1. The Bertz CT molecular complexity index is 233. The van der Waals surface area contributed by atoms with Gasteiger partial charge in [0, 0.05) is 37.5 Å². The predicted octanol–water partition coefficient (Wildman–Crippen LogP) is 0.854. The maximum Gasteiger partial charge on any atom is 0.225 e. The Kier molecular flexibility index (Phi) is 2.52. The summed E-state index contributed by atoms with van der Waals surface area (Å²) in [6.07, 6.45) is 2.47. The third-order valence-electron chi connectivity index (χ3n) is 3.47. The van der Waals surface area contributed by atoms with Crippen LogP contribution >= 0.6 is 0 Å². The van der Waals surface area contributed by atoms with Crippen LogP contribution in [0.5, 0.6) is 0 Å². The molecule has 0 aromatic rings. The summed E-state index contributed by atoms with van der Waals surface area (Å²) in [5.74, 6) is 0.481. The highest BCUT2D eigenvalue weighted by Gasteiger charge is 2.41. The van der Waals surface area contributed by atoms with Crippen molar-refractivity contribution in [2.24, 2.45) is 11.3 Å². The zero-order chi connectivity index (χ0) is 10.2. The zero-order valence-corrected chi connectivity index (χ0v) is 9.18. The topological polar surface area (TPSA) is 32.3 Å². The molecule has 1 N–H and O–H groups in total. The van der Waals surface area contributed by atoms with E-state index in [1.807, 2.05) is 13.8 Å². The number of hydrogen-bond acceptors (Lipinski definition) is 2. The number of rotatable bonds is 1. The van der Waals surface area contributed by atoms with Crippen molar-refractivity contribution < 1.29 is 4.79 Å². The molecule has 0 atom stereocenters. The minimum Gasteiger partial charge on any atom is -0.342 e. The molecule has 2 heterocycles. The molecule has 0 aliphatic carbocycles. The molecule has 14 heavy (non-hydrogen) atoms. The fourth-order valence-electron chi connectivity index (χ4n) is 2.53. The van der Waals surface area contributed by atoms with Gasteiger partial charge in [0.2, 0.25) is 5.91 Å². The van der Waals surface area contributed by atoms with Crippen LogP contribution in [0.4, 0.5) is 0 Å². The molecule has 2 saturated heterocycles. The van der Waals surface area contributed by atoms with E-state index < -0.39 is 0 Å². The average molecular weight is 196 g/mol. The van der Waals surface area contributed by atoms with Crippen LogP contribution in [-0.4, -0.2) is 37.0 Å². The molecule has 80 valence electrons. The van der Waals surface area contributed by atoms with Gasteiger partial charge in [0.1, 0.15) is 0 Å². The summed E-state index contributed by atoms with van der Waals surface area (Å²) in [5.41, 5.74) is 0.433. The lowest BCUT2D eigenvalue weighted by atomic mass is 9.75. The summed E-state index contributed by atoms with van der Waals surface area (Å²) in [7, 11) is 0. The number of hydrogen-bond donors (Lipinski definition) is 1. The maximum absolute atomic E-state index is 11.8. The van der Waals surface area contributed by atoms with E-state index >= 15 is 0 Å². The van der Waals surface area contributed by atoms with E-state index in [1.165, 1.54) is 12.8 Å². The molecular formula is C11H20N2O. The molecule has 0 radical (unpaired) electrons. The molecule has 2 rings (SSSR count). The van der Waals surface area contributed by atoms with E-state index in [1.54, 1.807) is 0 Å². The summed E-state index contributed by atoms with van der Waals surface area (Å²) in [6.45, 7) is 8.14. The second-order valence-corrected chi connectivity index (χ2v) is 5.12. The Morgan fingerprint density at radius 1 is 1.43 bits per heavy atom. The lowest BCUT2D eigenvalue weighted by molar-refractivity contribution is -0.139. The monoisotopic (exact) mass is 196 g/mol. The van der Waals surface area contributed by atoms with Crippen molar-refractivity contribution in [3.05, 3.63) is 0 Å². The smallest absolute Gasteiger partial charge is 0.225 e. The van der Waals surface area contributed by atoms with Gasteiger partial charge in [-0.1, -0.05) is 13.8 Å². The summed E-state index contributed by atoms with van der Waals surface area (Å²) >= 11 is 0. The number of amides is 1. The maximum atomic E-state index is 11.8. The van der Waals surface area contributed by atoms with Crippen molar-refractivity contribution in [2.45, 2.75) is 26.7 Å². The van der Waals surface area contributed by atoms with Crippen LogP contribution in [0.3, 0.4) is 0 Å². The van der Waals surface area contributed by atoms with Gasteiger partial charge in [-0.25, -0.2) is 0 Å². The van der Waals surface area contributed by atoms with Crippen molar-refractivity contribution in [3.8, 4) is 0 Å². The molecule has 0 unspecified atom stereocenters. The highest BCUT2D eigenvalue weighted by molar-refractivity contribution is 5.78. The predicted molar refractivity (Wildman–Crippen MR) is 56.0 cm³/mol. The first kappa shape index (κ1) is 9.97. The van der Waals surface area contributed by atoms with Gasteiger partial charge in [-0.15, -0.1) is 0 Å². The molecule has 3 heteroatoms. The van der Waals surface area contributed by atoms with Crippen LogP contribution in [0.15, 0.2) is 0 Å². The van der Waals surface area contributed by atoms with Gasteiger partial charge in [-0.3, -0.25) is 4.79 Å². The minimum absolute atomic E-state index is 0.151. The van der Waals surface area contributed by atoms with Crippen molar-refractivity contribution in [1.82, 2.24) is 10.2 Å². The summed E-state index contributed by atoms with van der Waals surface area (Å²) < 4.78 is 0. The average Bonchev–Trinajstić information content (AvgIpc) is 2.14. The van der Waals surface area contributed by atoms with E-state index in [2.05, 4.69) is 10.2 Å². The minimum atomic E-state index is 0.151. The molecular weight excluding hydrogens is 176 g/mol. The molecule has 0 bridgehead atoms. The Morgan fingerprint density at radius 2 is 2.14 bits per heavy atom. The Hall–Kier alpha value is -0.570. The fourth-order valence-corrected chi connectivity index (χ4v) is 2.53. The number of piperidine rings is 1. The van der Waals surface area contributed by atoms with E-state index in [9.17, 15) is 4.79 Å². The number of nitrogens with one attached hydrogen (secondary N) is 1. The number of likely N-dealkylation sites (tertiary alicyclic amines) is 1.